The number of benzene rings is 1. The fraction of sp³-hybridized carbons (Fsp3) is 0.200. The molecule has 16 heavy (non-hydrogen) atoms. The Morgan fingerprint density at radius 2 is 2.00 bits per heavy atom. The van der Waals surface area contributed by atoms with Crippen molar-refractivity contribution in [2.45, 2.75) is 13.1 Å². The summed E-state index contributed by atoms with van der Waals surface area (Å²) >= 11 is 0. The highest BCUT2D eigenvalue weighted by molar-refractivity contribution is 5.94. The molecule has 84 valence electrons. The van der Waals surface area contributed by atoms with Crippen molar-refractivity contribution in [2.24, 2.45) is 5.73 Å². The Morgan fingerprint density at radius 3 is 2.38 bits per heavy atom. The van der Waals surface area contributed by atoms with Crippen LogP contribution >= 0.6 is 0 Å². The average molecular weight is 228 g/mol. The number of nitrogens with zero attached hydrogens (tertiary/aromatic N) is 1. The first-order valence-electron chi connectivity index (χ1n) is 4.19. The molecule has 6 heteroatoms. The lowest BCUT2D eigenvalue weighted by Gasteiger charge is -2.11. The summed E-state index contributed by atoms with van der Waals surface area (Å²) in [6, 6.07) is 3.05. The zero-order valence-corrected chi connectivity index (χ0v) is 8.22. The number of hydrogen-bond donors (Lipinski definition) is 1. The van der Waals surface area contributed by atoms with Crippen LogP contribution in [0.1, 0.15) is 27.0 Å². The maximum atomic E-state index is 12.5. The van der Waals surface area contributed by atoms with Crippen LogP contribution in [0.5, 0.6) is 0 Å². The minimum atomic E-state index is -4.68. The maximum absolute atomic E-state index is 12.5. The summed E-state index contributed by atoms with van der Waals surface area (Å²) in [6.07, 6.45) is -4.68. The predicted octanol–water partition coefficient (Wildman–Crippen LogP) is 1.98. The Balaban J connectivity index is 3.55. The average Bonchev–Trinajstić information content (AvgIpc) is 2.14. The summed E-state index contributed by atoms with van der Waals surface area (Å²) in [5.41, 5.74) is 3.28. The third-order valence-electron chi connectivity index (χ3n) is 2.06. The van der Waals surface area contributed by atoms with E-state index in [2.05, 4.69) is 0 Å². The third kappa shape index (κ3) is 2.14. The number of halogens is 3. The van der Waals surface area contributed by atoms with Crippen molar-refractivity contribution in [3.63, 3.8) is 0 Å². The lowest BCUT2D eigenvalue weighted by molar-refractivity contribution is -0.137. The number of primary amides is 1. The number of nitriles is 1. The number of carbonyl (C=O) groups is 1. The fourth-order valence-electron chi connectivity index (χ4n) is 1.30. The van der Waals surface area contributed by atoms with Crippen molar-refractivity contribution in [1.82, 2.24) is 0 Å². The molecule has 1 rings (SSSR count). The number of aryl methyl sites for hydroxylation is 1. The Labute approximate surface area is 89.3 Å². The fourth-order valence-corrected chi connectivity index (χ4v) is 1.30. The van der Waals surface area contributed by atoms with Gasteiger partial charge in [-0.25, -0.2) is 0 Å². The van der Waals surface area contributed by atoms with Gasteiger partial charge < -0.3 is 5.73 Å². The van der Waals surface area contributed by atoms with E-state index in [4.69, 9.17) is 11.0 Å². The largest absolute Gasteiger partial charge is 0.417 e. The van der Waals surface area contributed by atoms with Crippen LogP contribution in [0.15, 0.2) is 12.1 Å². The van der Waals surface area contributed by atoms with E-state index in [0.29, 0.717) is 6.07 Å². The zero-order chi connectivity index (χ0) is 12.5. The molecule has 0 saturated carbocycles. The summed E-state index contributed by atoms with van der Waals surface area (Å²) in [4.78, 5) is 10.9. The van der Waals surface area contributed by atoms with E-state index in [1.807, 2.05) is 0 Å². The molecule has 0 bridgehead atoms. The van der Waals surface area contributed by atoms with Crippen LogP contribution in [0.2, 0.25) is 0 Å². The minimum Gasteiger partial charge on any atom is -0.366 e. The zero-order valence-electron chi connectivity index (χ0n) is 8.22. The van der Waals surface area contributed by atoms with Crippen LogP contribution < -0.4 is 5.73 Å². The second-order valence-electron chi connectivity index (χ2n) is 3.19. The van der Waals surface area contributed by atoms with Gasteiger partial charge in [0.15, 0.2) is 0 Å². The van der Waals surface area contributed by atoms with Gasteiger partial charge in [0.2, 0.25) is 5.91 Å². The molecule has 0 saturated heterocycles. The Kier molecular flexibility index (Phi) is 2.90. The summed E-state index contributed by atoms with van der Waals surface area (Å²) < 4.78 is 37.5. The molecule has 0 heterocycles. The number of alkyl halides is 3. The number of nitrogens with two attached hydrogens (primary N) is 1. The van der Waals surface area contributed by atoms with Crippen molar-refractivity contribution in [1.29, 1.82) is 5.26 Å². The minimum absolute atomic E-state index is 0.230. The molecule has 0 aliphatic heterocycles. The lowest BCUT2D eigenvalue weighted by atomic mass is 9.99. The summed E-state index contributed by atoms with van der Waals surface area (Å²) in [5, 5.41) is 8.57. The molecule has 0 atom stereocenters. The van der Waals surface area contributed by atoms with Crippen LogP contribution in [0.4, 0.5) is 13.2 Å². The Morgan fingerprint density at radius 1 is 1.44 bits per heavy atom. The van der Waals surface area contributed by atoms with Gasteiger partial charge in [-0.05, 0) is 24.6 Å². The summed E-state index contributed by atoms with van der Waals surface area (Å²) in [6.45, 7) is 1.42. The highest BCUT2D eigenvalue weighted by atomic mass is 19.4. The number of hydrogen-bond acceptors (Lipinski definition) is 2. The van der Waals surface area contributed by atoms with Crippen LogP contribution in [-0.2, 0) is 6.18 Å². The maximum Gasteiger partial charge on any atom is 0.417 e. The standard InChI is InChI=1S/C10H7F3N2O/c1-5-2-6(4-14)8(10(11,12)13)3-7(5)9(15)16/h2-3H,1H3,(H2,15,16). The van der Waals surface area contributed by atoms with Crippen LogP contribution in [0, 0.1) is 18.3 Å². The third-order valence-corrected chi connectivity index (χ3v) is 2.06. The molecule has 1 aromatic carbocycles. The molecule has 0 aromatic heterocycles. The molecule has 1 aromatic rings. The normalized spacial score (nSPS) is 10.9. The van der Waals surface area contributed by atoms with Gasteiger partial charge in [0.05, 0.1) is 17.2 Å². The van der Waals surface area contributed by atoms with Crippen LogP contribution in [-0.4, -0.2) is 5.91 Å². The molecule has 3 nitrogen and oxygen atoms in total. The number of rotatable bonds is 1. The molecule has 2 N–H and O–H groups in total. The Hall–Kier alpha value is -2.03. The van der Waals surface area contributed by atoms with Gasteiger partial charge in [-0.1, -0.05) is 0 Å². The SMILES string of the molecule is Cc1cc(C#N)c(C(F)(F)F)cc1C(N)=O. The second-order valence-corrected chi connectivity index (χ2v) is 3.19. The van der Waals surface area contributed by atoms with Gasteiger partial charge in [-0.2, -0.15) is 18.4 Å². The topological polar surface area (TPSA) is 66.9 Å². The molecule has 0 fully saturated rings. The van der Waals surface area contributed by atoms with Crippen molar-refractivity contribution in [3.05, 3.63) is 34.4 Å². The molecule has 0 aliphatic rings. The molecule has 0 aliphatic carbocycles. The smallest absolute Gasteiger partial charge is 0.366 e. The summed E-state index contributed by atoms with van der Waals surface area (Å²) in [7, 11) is 0. The van der Waals surface area contributed by atoms with Gasteiger partial charge in [0.25, 0.3) is 0 Å². The van der Waals surface area contributed by atoms with Gasteiger partial charge in [0, 0.05) is 5.56 Å². The molecule has 0 radical (unpaired) electrons. The van der Waals surface area contributed by atoms with Crippen molar-refractivity contribution < 1.29 is 18.0 Å². The van der Waals surface area contributed by atoms with Gasteiger partial charge in [0.1, 0.15) is 0 Å². The summed E-state index contributed by atoms with van der Waals surface area (Å²) in [5.74, 6) is -0.951. The van der Waals surface area contributed by atoms with Crippen LogP contribution in [0.25, 0.3) is 0 Å². The van der Waals surface area contributed by atoms with E-state index in [-0.39, 0.29) is 11.1 Å². The van der Waals surface area contributed by atoms with E-state index in [9.17, 15) is 18.0 Å². The van der Waals surface area contributed by atoms with Crippen molar-refractivity contribution in [3.8, 4) is 6.07 Å². The number of carbonyl (C=O) groups excluding carboxylic acids is 1. The van der Waals surface area contributed by atoms with E-state index < -0.39 is 23.2 Å². The van der Waals surface area contributed by atoms with E-state index in [0.717, 1.165) is 6.07 Å². The van der Waals surface area contributed by atoms with Gasteiger partial charge in [-0.15, -0.1) is 0 Å². The van der Waals surface area contributed by atoms with E-state index in [1.165, 1.54) is 13.0 Å². The van der Waals surface area contributed by atoms with Crippen molar-refractivity contribution >= 4 is 5.91 Å². The van der Waals surface area contributed by atoms with Gasteiger partial charge in [-0.3, -0.25) is 4.79 Å². The quantitative estimate of drug-likeness (QED) is 0.798. The van der Waals surface area contributed by atoms with Crippen LogP contribution in [0.3, 0.4) is 0 Å². The molecule has 0 spiro atoms. The Bertz CT molecular complexity index is 486. The first-order chi connectivity index (χ1) is 7.27. The highest BCUT2D eigenvalue weighted by Crippen LogP contribution is 2.33. The second kappa shape index (κ2) is 3.85. The monoisotopic (exact) mass is 228 g/mol. The van der Waals surface area contributed by atoms with E-state index in [1.54, 1.807) is 0 Å². The number of amides is 1. The molecular weight excluding hydrogens is 221 g/mol. The molecule has 0 unspecified atom stereocenters. The first-order valence-corrected chi connectivity index (χ1v) is 4.19. The predicted molar refractivity (Wildman–Crippen MR) is 49.4 cm³/mol. The highest BCUT2D eigenvalue weighted by Gasteiger charge is 2.34. The molecule has 1 amide bonds. The van der Waals surface area contributed by atoms with E-state index >= 15 is 0 Å². The van der Waals surface area contributed by atoms with Gasteiger partial charge >= 0.3 is 6.18 Å². The first kappa shape index (κ1) is 12.0. The van der Waals surface area contributed by atoms with Crippen molar-refractivity contribution in [2.75, 3.05) is 0 Å². The lowest BCUT2D eigenvalue weighted by Crippen LogP contribution is -2.16. The molecular formula is C10H7F3N2O.